The molecule has 0 amide bonds. The second-order valence-corrected chi connectivity index (χ2v) is 20.1. The summed E-state index contributed by atoms with van der Waals surface area (Å²) in [6.45, 7) is 18.1. The third kappa shape index (κ3) is 7.79. The maximum atomic E-state index is 16.8. The Morgan fingerprint density at radius 1 is 0.684 bits per heavy atom. The first-order valence-corrected chi connectivity index (χ1v) is 21.5. The highest BCUT2D eigenvalue weighted by Crippen LogP contribution is 2.66. The van der Waals surface area contributed by atoms with Gasteiger partial charge < -0.3 is 9.47 Å². The standard InChI is InChI=1S/C45H44F6O2S4/c1-11-30(39(26-12-16-28(52-9)17-13-26)54-25(2)32-20-22-35(55-32)41(3,4)5)37-38(44(48,49)45(50,51)43(37,46)47)31-24-34(33-21-23-36(56-33)42(6,7)8)57-40(31)27-14-18-29(53-10)19-15-27/h12-24H,2,11H2,1,3-10H3. The second-order valence-electron chi connectivity index (χ2n) is 15.8. The van der Waals surface area contributed by atoms with Gasteiger partial charge in [0.25, 0.3) is 0 Å². The Kier molecular flexibility index (Phi) is 11.6. The van der Waals surface area contributed by atoms with E-state index in [0.29, 0.717) is 37.3 Å². The quantitative estimate of drug-likeness (QED) is 0.123. The van der Waals surface area contributed by atoms with Crippen LogP contribution in [0.1, 0.15) is 80.6 Å². The van der Waals surface area contributed by atoms with Crippen LogP contribution in [0, 0.1) is 0 Å². The fraction of sp³-hybridized carbons (Fsp3) is 0.333. The van der Waals surface area contributed by atoms with E-state index < -0.39 is 28.9 Å². The molecule has 5 aromatic rings. The van der Waals surface area contributed by atoms with Crippen LogP contribution in [0.5, 0.6) is 11.5 Å². The van der Waals surface area contributed by atoms with Gasteiger partial charge in [-0.25, -0.2) is 0 Å². The van der Waals surface area contributed by atoms with Crippen molar-refractivity contribution in [3.05, 3.63) is 122 Å². The molecule has 302 valence electrons. The Morgan fingerprint density at radius 2 is 1.23 bits per heavy atom. The van der Waals surface area contributed by atoms with Crippen LogP contribution in [-0.4, -0.2) is 32.0 Å². The van der Waals surface area contributed by atoms with Crippen molar-refractivity contribution in [2.45, 2.75) is 83.5 Å². The molecule has 12 heteroatoms. The summed E-state index contributed by atoms with van der Waals surface area (Å²) in [6, 6.07) is 21.9. The lowest BCUT2D eigenvalue weighted by Crippen LogP contribution is -2.49. The van der Waals surface area contributed by atoms with Crippen LogP contribution in [0.15, 0.2) is 96.6 Å². The SMILES string of the molecule is C=C(SC(=C(CC)C1=C(c2cc(-c3ccc(C(C)(C)C)s3)sc2-c2ccc(OC)cc2)C(F)(F)C(F)(F)C1(F)F)c1ccc(OC)cc1)c1ccc(C(C)(C)C)s1. The maximum absolute atomic E-state index is 16.8. The third-order valence-electron chi connectivity index (χ3n) is 9.74. The minimum absolute atomic E-state index is 0.117. The van der Waals surface area contributed by atoms with Gasteiger partial charge in [0.05, 0.1) is 14.2 Å². The molecule has 0 fully saturated rings. The molecule has 0 aliphatic heterocycles. The van der Waals surface area contributed by atoms with Gasteiger partial charge in [-0.2, -0.15) is 26.3 Å². The van der Waals surface area contributed by atoms with Gasteiger partial charge in [-0.3, -0.25) is 0 Å². The summed E-state index contributed by atoms with van der Waals surface area (Å²) in [6.07, 6.45) is -0.269. The Morgan fingerprint density at radius 3 is 1.74 bits per heavy atom. The summed E-state index contributed by atoms with van der Waals surface area (Å²) in [5.74, 6) is -15.3. The zero-order valence-electron chi connectivity index (χ0n) is 33.1. The van der Waals surface area contributed by atoms with Crippen molar-refractivity contribution in [3.8, 4) is 31.7 Å². The van der Waals surface area contributed by atoms with Crippen LogP contribution in [0.2, 0.25) is 0 Å². The molecule has 0 saturated carbocycles. The first kappa shape index (κ1) is 42.9. The molecule has 57 heavy (non-hydrogen) atoms. The van der Waals surface area contributed by atoms with Gasteiger partial charge in [0.1, 0.15) is 11.5 Å². The van der Waals surface area contributed by atoms with Crippen LogP contribution in [0.25, 0.3) is 35.6 Å². The van der Waals surface area contributed by atoms with E-state index in [1.54, 1.807) is 48.5 Å². The van der Waals surface area contributed by atoms with Gasteiger partial charge in [-0.1, -0.05) is 78.9 Å². The average Bonchev–Trinajstić information content (AvgIpc) is 3.95. The minimum atomic E-state index is -5.76. The molecular formula is C45H44F6O2S4. The lowest BCUT2D eigenvalue weighted by atomic mass is 9.91. The van der Waals surface area contributed by atoms with Gasteiger partial charge in [0.2, 0.25) is 0 Å². The van der Waals surface area contributed by atoms with Crippen molar-refractivity contribution in [1.82, 2.24) is 0 Å². The second kappa shape index (κ2) is 15.5. The van der Waals surface area contributed by atoms with E-state index in [1.807, 2.05) is 45.0 Å². The zero-order chi connectivity index (χ0) is 41.9. The van der Waals surface area contributed by atoms with Crippen molar-refractivity contribution in [2.24, 2.45) is 0 Å². The van der Waals surface area contributed by atoms with E-state index in [0.717, 1.165) is 37.7 Å². The highest BCUT2D eigenvalue weighted by molar-refractivity contribution is 8.16. The topological polar surface area (TPSA) is 18.5 Å². The molecule has 0 radical (unpaired) electrons. The van der Waals surface area contributed by atoms with Crippen LogP contribution < -0.4 is 9.47 Å². The third-order valence-corrected chi connectivity index (χ3v) is 15.5. The molecule has 0 saturated heterocycles. The van der Waals surface area contributed by atoms with E-state index in [1.165, 1.54) is 49.9 Å². The van der Waals surface area contributed by atoms with Crippen molar-refractivity contribution < 1.29 is 35.8 Å². The summed E-state index contributed by atoms with van der Waals surface area (Å²) in [4.78, 5) is 4.73. The van der Waals surface area contributed by atoms with Crippen molar-refractivity contribution >= 4 is 61.2 Å². The molecule has 0 spiro atoms. The van der Waals surface area contributed by atoms with Crippen LogP contribution in [0.3, 0.4) is 0 Å². The smallest absolute Gasteiger partial charge is 0.380 e. The number of halogens is 6. The van der Waals surface area contributed by atoms with Gasteiger partial charge >= 0.3 is 17.8 Å². The Bertz CT molecular complexity index is 2340. The molecule has 1 aliphatic rings. The number of rotatable bonds is 11. The molecule has 0 atom stereocenters. The number of allylic oxidation sites excluding steroid dienone is 3. The largest absolute Gasteiger partial charge is 0.497 e. The van der Waals surface area contributed by atoms with E-state index in [4.69, 9.17) is 9.47 Å². The zero-order valence-corrected chi connectivity index (χ0v) is 36.4. The number of alkyl halides is 6. The average molecular weight is 859 g/mol. The summed E-state index contributed by atoms with van der Waals surface area (Å²) in [5.41, 5.74) is -3.12. The summed E-state index contributed by atoms with van der Waals surface area (Å²) in [5, 5.41) is 0. The normalized spacial score (nSPS) is 16.8. The molecule has 0 bridgehead atoms. The number of hydrogen-bond acceptors (Lipinski definition) is 6. The molecule has 3 aromatic heterocycles. The number of benzene rings is 2. The molecule has 1 aliphatic carbocycles. The molecule has 0 unspecified atom stereocenters. The predicted molar refractivity (Wildman–Crippen MR) is 230 cm³/mol. The lowest BCUT2D eigenvalue weighted by Gasteiger charge is -2.26. The fourth-order valence-electron chi connectivity index (χ4n) is 6.55. The lowest BCUT2D eigenvalue weighted by molar-refractivity contribution is -0.259. The molecule has 0 N–H and O–H groups in total. The minimum Gasteiger partial charge on any atom is -0.497 e. The number of methoxy groups -OCH3 is 2. The van der Waals surface area contributed by atoms with Gasteiger partial charge in [0, 0.05) is 55.8 Å². The molecular weight excluding hydrogens is 815 g/mol. The van der Waals surface area contributed by atoms with Crippen LogP contribution >= 0.6 is 45.8 Å². The molecule has 2 aromatic carbocycles. The molecule has 6 rings (SSSR count). The summed E-state index contributed by atoms with van der Waals surface area (Å²) in [7, 11) is 2.95. The molecule has 3 heterocycles. The Hall–Kier alpha value is -3.71. The number of hydrogen-bond donors (Lipinski definition) is 0. The first-order chi connectivity index (χ1) is 26.6. The summed E-state index contributed by atoms with van der Waals surface area (Å²) < 4.78 is 110. The van der Waals surface area contributed by atoms with Crippen LogP contribution in [0.4, 0.5) is 26.3 Å². The Labute approximate surface area is 347 Å². The van der Waals surface area contributed by atoms with Gasteiger partial charge in [-0.15, -0.1) is 34.0 Å². The first-order valence-electron chi connectivity index (χ1n) is 18.2. The highest BCUT2D eigenvalue weighted by atomic mass is 32.2. The van der Waals surface area contributed by atoms with Crippen LogP contribution in [-0.2, 0) is 10.8 Å². The van der Waals surface area contributed by atoms with Gasteiger partial charge in [0.15, 0.2) is 0 Å². The fourth-order valence-corrected chi connectivity index (χ4v) is 11.1. The monoisotopic (exact) mass is 858 g/mol. The van der Waals surface area contributed by atoms with Gasteiger partial charge in [-0.05, 0) is 101 Å². The predicted octanol–water partition coefficient (Wildman–Crippen LogP) is 15.7. The van der Waals surface area contributed by atoms with Crippen molar-refractivity contribution in [2.75, 3.05) is 14.2 Å². The van der Waals surface area contributed by atoms with E-state index in [9.17, 15) is 0 Å². The highest BCUT2D eigenvalue weighted by Gasteiger charge is 2.80. The van der Waals surface area contributed by atoms with E-state index >= 15 is 26.3 Å². The van der Waals surface area contributed by atoms with E-state index in [2.05, 4.69) is 27.4 Å². The number of thioether (sulfide) groups is 1. The van der Waals surface area contributed by atoms with E-state index in [-0.39, 0.29) is 38.2 Å². The number of thiophene rings is 3. The van der Waals surface area contributed by atoms with Crippen molar-refractivity contribution in [1.29, 1.82) is 0 Å². The molecule has 2 nitrogen and oxygen atoms in total. The summed E-state index contributed by atoms with van der Waals surface area (Å²) >= 11 is 5.02. The number of ether oxygens (including phenoxy) is 2. The maximum Gasteiger partial charge on any atom is 0.380 e. The Balaban J connectivity index is 1.69. The van der Waals surface area contributed by atoms with Crippen molar-refractivity contribution in [3.63, 3.8) is 0 Å².